The molecule has 2 aliphatic heterocycles. The van der Waals surface area contributed by atoms with E-state index in [1.165, 1.54) is 0 Å². The van der Waals surface area contributed by atoms with Gasteiger partial charge < -0.3 is 14.8 Å². The number of nitrogens with zero attached hydrogens (tertiary/aromatic N) is 4. The molecule has 1 saturated heterocycles. The van der Waals surface area contributed by atoms with Crippen molar-refractivity contribution in [2.45, 2.75) is 12.2 Å². The van der Waals surface area contributed by atoms with E-state index in [4.69, 9.17) is 14.5 Å². The van der Waals surface area contributed by atoms with Gasteiger partial charge in [-0.25, -0.2) is 4.99 Å². The van der Waals surface area contributed by atoms with Crippen molar-refractivity contribution in [3.63, 3.8) is 0 Å². The van der Waals surface area contributed by atoms with Crippen LogP contribution in [-0.2, 0) is 0 Å². The third-order valence-electron chi connectivity index (χ3n) is 4.68. The predicted octanol–water partition coefficient (Wildman–Crippen LogP) is 1.92. The highest BCUT2D eigenvalue weighted by Crippen LogP contribution is 2.25. The third-order valence-corrected chi connectivity index (χ3v) is 4.68. The number of methoxy groups -OCH3 is 1. The molecule has 3 heterocycles. The van der Waals surface area contributed by atoms with Crippen LogP contribution in [0.15, 0.2) is 58.8 Å². The maximum absolute atomic E-state index is 6.19. The maximum atomic E-state index is 6.19. The molecule has 2 unspecified atom stereocenters. The molecule has 2 aliphatic rings. The Morgan fingerprint density at radius 3 is 2.56 bits per heavy atom. The number of nitrogens with one attached hydrogen (secondary N) is 1. The van der Waals surface area contributed by atoms with Gasteiger partial charge in [-0.1, -0.05) is 6.07 Å². The number of ether oxygens (including phenoxy) is 2. The van der Waals surface area contributed by atoms with Gasteiger partial charge in [0.05, 0.1) is 7.11 Å². The van der Waals surface area contributed by atoms with Crippen LogP contribution in [0, 0.1) is 0 Å². The first-order valence-electron chi connectivity index (χ1n) is 9.11. The molecular formula is C20H23N5O2. The van der Waals surface area contributed by atoms with E-state index in [-0.39, 0.29) is 12.2 Å². The van der Waals surface area contributed by atoms with E-state index in [1.807, 2.05) is 42.6 Å². The quantitative estimate of drug-likeness (QED) is 0.896. The molecule has 4 rings (SSSR count). The van der Waals surface area contributed by atoms with Gasteiger partial charge >= 0.3 is 0 Å². The van der Waals surface area contributed by atoms with E-state index in [2.05, 4.69) is 20.2 Å². The van der Waals surface area contributed by atoms with E-state index in [9.17, 15) is 0 Å². The van der Waals surface area contributed by atoms with E-state index in [1.54, 1.807) is 19.5 Å². The molecule has 7 heteroatoms. The zero-order valence-corrected chi connectivity index (χ0v) is 15.3. The molecule has 1 aromatic carbocycles. The molecule has 2 aromatic rings. The number of hydrogen-bond donors (Lipinski definition) is 1. The summed E-state index contributed by atoms with van der Waals surface area (Å²) in [5, 5.41) is 3.38. The third kappa shape index (κ3) is 4.15. The molecule has 0 amide bonds. The lowest BCUT2D eigenvalue weighted by atomic mass is 10.1. The Balaban J connectivity index is 1.60. The average molecular weight is 365 g/mol. The second kappa shape index (κ2) is 8.28. The SMILES string of the molecule is COc1ccc(OC2=NC(c3cccnc3)N=CC2N2CCNCC2)cc1. The Hall–Kier alpha value is -2.77. The van der Waals surface area contributed by atoms with Gasteiger partial charge in [-0.3, -0.25) is 14.9 Å². The van der Waals surface area contributed by atoms with Gasteiger partial charge in [0.15, 0.2) is 6.17 Å². The zero-order chi connectivity index (χ0) is 18.5. The summed E-state index contributed by atoms with van der Waals surface area (Å²) in [5.74, 6) is 2.18. The Bertz CT molecular complexity index is 801. The molecule has 2 atom stereocenters. The first-order valence-corrected chi connectivity index (χ1v) is 9.11. The van der Waals surface area contributed by atoms with Crippen molar-refractivity contribution >= 4 is 12.1 Å². The van der Waals surface area contributed by atoms with Crippen LogP contribution in [0.25, 0.3) is 0 Å². The van der Waals surface area contributed by atoms with Gasteiger partial charge in [-0.2, -0.15) is 0 Å². The molecule has 1 N–H and O–H groups in total. The van der Waals surface area contributed by atoms with Crippen LogP contribution in [-0.4, -0.2) is 61.3 Å². The summed E-state index contributed by atoms with van der Waals surface area (Å²) >= 11 is 0. The Labute approximate surface area is 158 Å². The van der Waals surface area contributed by atoms with Gasteiger partial charge in [0, 0.05) is 50.4 Å². The summed E-state index contributed by atoms with van der Waals surface area (Å²) in [6.45, 7) is 3.76. The summed E-state index contributed by atoms with van der Waals surface area (Å²) in [4.78, 5) is 16.0. The standard InChI is InChI=1S/C20H23N5O2/c1-26-16-4-6-17(7-5-16)27-20-18(25-11-9-21-10-12-25)14-23-19(24-20)15-3-2-8-22-13-15/h2-8,13-14,18-19,21H,9-12H2,1H3. The van der Waals surface area contributed by atoms with Crippen LogP contribution in [0.2, 0.25) is 0 Å². The number of hydrogen-bond acceptors (Lipinski definition) is 7. The van der Waals surface area contributed by atoms with Crippen LogP contribution in [0.1, 0.15) is 11.7 Å². The highest BCUT2D eigenvalue weighted by atomic mass is 16.5. The van der Waals surface area contributed by atoms with Crippen molar-refractivity contribution in [2.24, 2.45) is 9.98 Å². The molecule has 7 nitrogen and oxygen atoms in total. The number of rotatable bonds is 4. The fourth-order valence-electron chi connectivity index (χ4n) is 3.21. The summed E-state index contributed by atoms with van der Waals surface area (Å²) in [6.07, 6.45) is 5.17. The van der Waals surface area contributed by atoms with E-state index < -0.39 is 0 Å². The van der Waals surface area contributed by atoms with Crippen molar-refractivity contribution in [1.82, 2.24) is 15.2 Å². The fraction of sp³-hybridized carbons (Fsp3) is 0.350. The molecule has 0 radical (unpaired) electrons. The summed E-state index contributed by atoms with van der Waals surface area (Å²) in [5.41, 5.74) is 0.948. The molecule has 0 bridgehead atoms. The van der Waals surface area contributed by atoms with Crippen LogP contribution < -0.4 is 14.8 Å². The topological polar surface area (TPSA) is 71.3 Å². The largest absolute Gasteiger partial charge is 0.497 e. The first kappa shape index (κ1) is 17.6. The number of aromatic nitrogens is 1. The first-order chi connectivity index (χ1) is 13.3. The van der Waals surface area contributed by atoms with Crippen LogP contribution >= 0.6 is 0 Å². The lowest BCUT2D eigenvalue weighted by molar-refractivity contribution is 0.234. The minimum atomic E-state index is -0.328. The van der Waals surface area contributed by atoms with Crippen LogP contribution in [0.5, 0.6) is 11.5 Å². The summed E-state index contributed by atoms with van der Waals surface area (Å²) in [7, 11) is 1.65. The second-order valence-corrected chi connectivity index (χ2v) is 6.43. The lowest BCUT2D eigenvalue weighted by Gasteiger charge is -2.34. The molecular weight excluding hydrogens is 342 g/mol. The number of benzene rings is 1. The van der Waals surface area contributed by atoms with E-state index in [0.29, 0.717) is 5.90 Å². The molecule has 27 heavy (non-hydrogen) atoms. The van der Waals surface area contributed by atoms with Crippen LogP contribution in [0.4, 0.5) is 0 Å². The average Bonchev–Trinajstić information content (AvgIpc) is 2.75. The smallest absolute Gasteiger partial charge is 0.215 e. The molecule has 0 aliphatic carbocycles. The van der Waals surface area contributed by atoms with Gasteiger partial charge in [0.1, 0.15) is 17.5 Å². The van der Waals surface area contributed by atoms with Crippen molar-refractivity contribution in [3.8, 4) is 11.5 Å². The Morgan fingerprint density at radius 2 is 1.85 bits per heavy atom. The normalized spacial score (nSPS) is 22.9. The summed E-state index contributed by atoms with van der Waals surface area (Å²) in [6, 6.07) is 11.3. The molecule has 0 spiro atoms. The highest BCUT2D eigenvalue weighted by Gasteiger charge is 2.30. The predicted molar refractivity (Wildman–Crippen MR) is 105 cm³/mol. The zero-order valence-electron chi connectivity index (χ0n) is 15.3. The molecule has 140 valence electrons. The van der Waals surface area contributed by atoms with Gasteiger partial charge in [-0.05, 0) is 30.3 Å². The fourth-order valence-corrected chi connectivity index (χ4v) is 3.21. The highest BCUT2D eigenvalue weighted by molar-refractivity contribution is 6.00. The summed E-state index contributed by atoms with van der Waals surface area (Å²) < 4.78 is 11.4. The Morgan fingerprint density at radius 1 is 1.07 bits per heavy atom. The maximum Gasteiger partial charge on any atom is 0.215 e. The lowest BCUT2D eigenvalue weighted by Crippen LogP contribution is -2.53. The Kier molecular flexibility index (Phi) is 5.41. The minimum Gasteiger partial charge on any atom is -0.497 e. The van der Waals surface area contributed by atoms with Crippen molar-refractivity contribution in [3.05, 3.63) is 54.4 Å². The van der Waals surface area contributed by atoms with E-state index >= 15 is 0 Å². The molecule has 1 fully saturated rings. The van der Waals surface area contributed by atoms with Crippen molar-refractivity contribution in [1.29, 1.82) is 0 Å². The number of piperazine rings is 1. The van der Waals surface area contributed by atoms with Gasteiger partial charge in [-0.15, -0.1) is 0 Å². The second-order valence-electron chi connectivity index (χ2n) is 6.43. The monoisotopic (exact) mass is 365 g/mol. The molecule has 1 aromatic heterocycles. The number of aliphatic imine (C=N–C) groups is 2. The van der Waals surface area contributed by atoms with Crippen molar-refractivity contribution in [2.75, 3.05) is 33.3 Å². The van der Waals surface area contributed by atoms with E-state index in [0.717, 1.165) is 43.2 Å². The minimum absolute atomic E-state index is 0.0675. The van der Waals surface area contributed by atoms with Gasteiger partial charge in [0.2, 0.25) is 5.90 Å². The van der Waals surface area contributed by atoms with Crippen LogP contribution in [0.3, 0.4) is 0 Å². The van der Waals surface area contributed by atoms with Gasteiger partial charge in [0.25, 0.3) is 0 Å². The molecule has 0 saturated carbocycles. The van der Waals surface area contributed by atoms with Crippen molar-refractivity contribution < 1.29 is 9.47 Å². The number of pyridine rings is 1.